The van der Waals surface area contributed by atoms with Crippen molar-refractivity contribution in [3.63, 3.8) is 0 Å². The van der Waals surface area contributed by atoms with Crippen molar-refractivity contribution in [2.45, 2.75) is 19.2 Å². The Labute approximate surface area is 112 Å². The highest BCUT2D eigenvalue weighted by molar-refractivity contribution is 14.1. The Hall–Kier alpha value is -1.18. The van der Waals surface area contributed by atoms with Crippen LogP contribution in [0.1, 0.15) is 17.7 Å². The lowest BCUT2D eigenvalue weighted by Gasteiger charge is -2.14. The summed E-state index contributed by atoms with van der Waals surface area (Å²) in [6, 6.07) is 2.11. The third-order valence-electron chi connectivity index (χ3n) is 1.76. The number of hydrogen-bond acceptors (Lipinski definition) is 3. The van der Waals surface area contributed by atoms with Crippen LogP contribution in [0.15, 0.2) is 6.07 Å². The smallest absolute Gasteiger partial charge is 0.405 e. The van der Waals surface area contributed by atoms with Crippen LogP contribution in [0.25, 0.3) is 0 Å². The van der Waals surface area contributed by atoms with E-state index in [-0.39, 0.29) is 9.26 Å². The first-order valence-electron chi connectivity index (χ1n) is 4.34. The first-order valence-corrected chi connectivity index (χ1v) is 5.42. The summed E-state index contributed by atoms with van der Waals surface area (Å²) >= 11 is 1.48. The van der Waals surface area contributed by atoms with Crippen molar-refractivity contribution >= 4 is 22.6 Å². The van der Waals surface area contributed by atoms with E-state index < -0.39 is 30.7 Å². The van der Waals surface area contributed by atoms with E-state index in [0.29, 0.717) is 6.07 Å². The lowest BCUT2D eigenvalue weighted by Crippen LogP contribution is -2.19. The number of alkyl halides is 5. The van der Waals surface area contributed by atoms with Crippen LogP contribution in [-0.2, 0) is 6.42 Å². The fourth-order valence-corrected chi connectivity index (χ4v) is 1.84. The second-order valence-corrected chi connectivity index (χ2v) is 4.02. The predicted molar refractivity (Wildman–Crippen MR) is 57.9 cm³/mol. The summed E-state index contributed by atoms with van der Waals surface area (Å²) in [6.45, 7) is 0. The number of aromatic nitrogens is 1. The number of nitriles is 1. The molecular weight excluding hydrogens is 374 g/mol. The number of halogens is 6. The Kier molecular flexibility index (Phi) is 4.66. The van der Waals surface area contributed by atoms with Crippen LogP contribution in [0.3, 0.4) is 0 Å². The maximum absolute atomic E-state index is 12.4. The van der Waals surface area contributed by atoms with Crippen LogP contribution in [0, 0.1) is 15.0 Å². The van der Waals surface area contributed by atoms with Gasteiger partial charge in [0.15, 0.2) is 0 Å². The summed E-state index contributed by atoms with van der Waals surface area (Å²) in [6.07, 6.45) is -8.46. The maximum Gasteiger partial charge on any atom is 0.573 e. The van der Waals surface area contributed by atoms with E-state index in [0.717, 1.165) is 0 Å². The van der Waals surface area contributed by atoms with Crippen molar-refractivity contribution in [1.82, 2.24) is 4.98 Å². The molecule has 0 aliphatic heterocycles. The van der Waals surface area contributed by atoms with Crippen LogP contribution >= 0.6 is 22.6 Å². The van der Waals surface area contributed by atoms with Crippen LogP contribution in [0.2, 0.25) is 0 Å². The van der Waals surface area contributed by atoms with Crippen LogP contribution in [-0.4, -0.2) is 11.3 Å². The SMILES string of the molecule is N#CCc1c(OC(F)(F)F)cc(C(F)F)nc1I. The molecular formula is C9H4F5IN2O. The second-order valence-electron chi connectivity index (χ2n) is 3.00. The zero-order chi connectivity index (χ0) is 13.9. The van der Waals surface area contributed by atoms with Gasteiger partial charge < -0.3 is 4.74 Å². The Morgan fingerprint density at radius 3 is 2.50 bits per heavy atom. The molecule has 0 aliphatic carbocycles. The highest BCUT2D eigenvalue weighted by Gasteiger charge is 2.33. The largest absolute Gasteiger partial charge is 0.573 e. The van der Waals surface area contributed by atoms with E-state index in [1.54, 1.807) is 6.07 Å². The molecule has 1 heterocycles. The third kappa shape index (κ3) is 3.94. The van der Waals surface area contributed by atoms with E-state index in [4.69, 9.17) is 5.26 Å². The van der Waals surface area contributed by atoms with Crippen molar-refractivity contribution in [3.8, 4) is 11.8 Å². The minimum absolute atomic E-state index is 0.119. The molecule has 1 aromatic heterocycles. The number of ether oxygens (including phenoxy) is 1. The molecule has 0 fully saturated rings. The van der Waals surface area contributed by atoms with Gasteiger partial charge >= 0.3 is 6.36 Å². The average molecular weight is 378 g/mol. The number of hydrogen-bond donors (Lipinski definition) is 0. The van der Waals surface area contributed by atoms with E-state index in [1.165, 1.54) is 22.6 Å². The van der Waals surface area contributed by atoms with Gasteiger partial charge in [-0.15, -0.1) is 13.2 Å². The standard InChI is InChI=1S/C9H4F5IN2O/c10-7(11)5-3-6(18-9(12,13)14)4(1-2-16)8(15)17-5/h3,7H,1H2. The van der Waals surface area contributed by atoms with Crippen molar-refractivity contribution in [3.05, 3.63) is 21.0 Å². The van der Waals surface area contributed by atoms with Gasteiger partial charge in [0.05, 0.1) is 12.5 Å². The first-order chi connectivity index (χ1) is 8.24. The van der Waals surface area contributed by atoms with Crippen molar-refractivity contribution in [2.24, 2.45) is 0 Å². The zero-order valence-electron chi connectivity index (χ0n) is 8.43. The fourth-order valence-electron chi connectivity index (χ4n) is 1.10. The summed E-state index contributed by atoms with van der Waals surface area (Å²) < 4.78 is 64.7. The first kappa shape index (κ1) is 14.9. The van der Waals surface area contributed by atoms with Crippen LogP contribution < -0.4 is 4.74 Å². The van der Waals surface area contributed by atoms with Gasteiger partial charge in [-0.3, -0.25) is 0 Å². The monoisotopic (exact) mass is 378 g/mol. The maximum atomic E-state index is 12.4. The number of pyridine rings is 1. The quantitative estimate of drug-likeness (QED) is 0.459. The molecule has 0 aliphatic rings. The van der Waals surface area contributed by atoms with Crippen LogP contribution in [0.5, 0.6) is 5.75 Å². The van der Waals surface area contributed by atoms with E-state index in [1.807, 2.05) is 0 Å². The molecule has 0 saturated heterocycles. The van der Waals surface area contributed by atoms with E-state index in [2.05, 4.69) is 9.72 Å². The lowest BCUT2D eigenvalue weighted by molar-refractivity contribution is -0.275. The summed E-state index contributed by atoms with van der Waals surface area (Å²) in [5.74, 6) is -0.821. The number of nitrogens with zero attached hydrogens (tertiary/aromatic N) is 2. The Balaban J connectivity index is 3.29. The van der Waals surface area contributed by atoms with Gasteiger partial charge in [-0.05, 0) is 22.6 Å². The molecule has 0 atom stereocenters. The normalized spacial score (nSPS) is 11.4. The van der Waals surface area contributed by atoms with Gasteiger partial charge in [0.25, 0.3) is 6.43 Å². The molecule has 0 aromatic carbocycles. The molecule has 9 heteroatoms. The van der Waals surface area contributed by atoms with Gasteiger partial charge in [-0.2, -0.15) is 5.26 Å². The number of rotatable bonds is 3. The average Bonchev–Trinajstić information content (AvgIpc) is 2.20. The molecule has 1 rings (SSSR count). The third-order valence-corrected chi connectivity index (χ3v) is 2.65. The highest BCUT2D eigenvalue weighted by Crippen LogP contribution is 2.32. The van der Waals surface area contributed by atoms with Crippen molar-refractivity contribution in [1.29, 1.82) is 5.26 Å². The van der Waals surface area contributed by atoms with Crippen molar-refractivity contribution in [2.75, 3.05) is 0 Å². The second kappa shape index (κ2) is 5.64. The molecule has 0 saturated carbocycles. The highest BCUT2D eigenvalue weighted by atomic mass is 127. The summed E-state index contributed by atoms with van der Waals surface area (Å²) in [7, 11) is 0. The Morgan fingerprint density at radius 1 is 1.44 bits per heavy atom. The summed E-state index contributed by atoms with van der Waals surface area (Å²) in [5, 5.41) is 8.48. The van der Waals surface area contributed by atoms with Crippen LogP contribution in [0.4, 0.5) is 22.0 Å². The minimum Gasteiger partial charge on any atom is -0.405 e. The minimum atomic E-state index is -5.02. The Bertz CT molecular complexity index is 483. The topological polar surface area (TPSA) is 45.9 Å². The van der Waals surface area contributed by atoms with E-state index >= 15 is 0 Å². The van der Waals surface area contributed by atoms with Gasteiger partial charge in [0.2, 0.25) is 0 Å². The fraction of sp³-hybridized carbons (Fsp3) is 0.333. The molecule has 0 bridgehead atoms. The molecule has 0 amide bonds. The summed E-state index contributed by atoms with van der Waals surface area (Å²) in [4.78, 5) is 3.42. The molecule has 0 unspecified atom stereocenters. The molecule has 0 spiro atoms. The van der Waals surface area contributed by atoms with Gasteiger partial charge in [0.1, 0.15) is 15.1 Å². The van der Waals surface area contributed by atoms with E-state index in [9.17, 15) is 22.0 Å². The van der Waals surface area contributed by atoms with Gasteiger partial charge in [-0.25, -0.2) is 13.8 Å². The summed E-state index contributed by atoms with van der Waals surface area (Å²) in [5.41, 5.74) is -1.000. The lowest BCUT2D eigenvalue weighted by atomic mass is 10.2. The zero-order valence-corrected chi connectivity index (χ0v) is 10.6. The van der Waals surface area contributed by atoms with Gasteiger partial charge in [0, 0.05) is 11.6 Å². The molecule has 1 aromatic rings. The molecule has 18 heavy (non-hydrogen) atoms. The predicted octanol–water partition coefficient (Wildman–Crippen LogP) is 3.59. The Morgan fingerprint density at radius 2 is 2.06 bits per heavy atom. The molecule has 0 N–H and O–H groups in total. The molecule has 3 nitrogen and oxygen atoms in total. The molecule has 0 radical (unpaired) electrons. The van der Waals surface area contributed by atoms with Crippen molar-refractivity contribution < 1.29 is 26.7 Å². The molecule has 98 valence electrons. The van der Waals surface area contributed by atoms with Gasteiger partial charge in [-0.1, -0.05) is 0 Å².